The predicted molar refractivity (Wildman–Crippen MR) is 77.6 cm³/mol. The Morgan fingerprint density at radius 2 is 2.15 bits per heavy atom. The lowest BCUT2D eigenvalue weighted by atomic mass is 10.1. The van der Waals surface area contributed by atoms with E-state index in [1.165, 1.54) is 11.3 Å². The van der Waals surface area contributed by atoms with E-state index in [0.717, 1.165) is 31.0 Å². The predicted octanol–water partition coefficient (Wildman–Crippen LogP) is 2.14. The third kappa shape index (κ3) is 2.38. The molecule has 0 saturated heterocycles. The number of para-hydroxylation sites is 1. The Morgan fingerprint density at radius 1 is 1.35 bits per heavy atom. The van der Waals surface area contributed by atoms with Gasteiger partial charge in [-0.05, 0) is 19.2 Å². The van der Waals surface area contributed by atoms with Gasteiger partial charge in [-0.1, -0.05) is 18.2 Å². The van der Waals surface area contributed by atoms with E-state index in [0.29, 0.717) is 6.54 Å². The van der Waals surface area contributed by atoms with Crippen molar-refractivity contribution in [1.82, 2.24) is 14.7 Å². The van der Waals surface area contributed by atoms with E-state index in [1.54, 1.807) is 0 Å². The number of nitrogens with zero attached hydrogens (tertiary/aromatic N) is 4. The number of benzene rings is 1. The first-order valence-electron chi connectivity index (χ1n) is 6.74. The molecule has 0 bridgehead atoms. The summed E-state index contributed by atoms with van der Waals surface area (Å²) < 4.78 is 1.83. The van der Waals surface area contributed by atoms with Crippen molar-refractivity contribution in [1.29, 1.82) is 5.26 Å². The fraction of sp³-hybridized carbons (Fsp3) is 0.333. The molecule has 20 heavy (non-hydrogen) atoms. The molecule has 0 unspecified atom stereocenters. The van der Waals surface area contributed by atoms with Crippen molar-refractivity contribution >= 4 is 11.5 Å². The summed E-state index contributed by atoms with van der Waals surface area (Å²) in [5.41, 5.74) is 3.41. The van der Waals surface area contributed by atoms with Crippen LogP contribution in [0.2, 0.25) is 0 Å². The van der Waals surface area contributed by atoms with Crippen LogP contribution in [0.15, 0.2) is 30.3 Å². The number of aromatic nitrogens is 2. The van der Waals surface area contributed by atoms with E-state index in [1.807, 2.05) is 35.0 Å². The highest BCUT2D eigenvalue weighted by molar-refractivity contribution is 5.60. The van der Waals surface area contributed by atoms with E-state index >= 15 is 0 Å². The van der Waals surface area contributed by atoms with Crippen molar-refractivity contribution in [3.8, 4) is 6.07 Å². The van der Waals surface area contributed by atoms with Crippen molar-refractivity contribution in [3.05, 3.63) is 41.6 Å². The number of hydrogen-bond acceptors (Lipinski definition) is 4. The van der Waals surface area contributed by atoms with Crippen LogP contribution in [0.5, 0.6) is 0 Å². The van der Waals surface area contributed by atoms with Crippen LogP contribution in [0, 0.1) is 11.3 Å². The molecule has 1 aliphatic rings. The molecule has 2 aromatic rings. The van der Waals surface area contributed by atoms with Crippen LogP contribution in [0.25, 0.3) is 0 Å². The van der Waals surface area contributed by atoms with Crippen LogP contribution in [0.1, 0.15) is 11.3 Å². The summed E-state index contributed by atoms with van der Waals surface area (Å²) in [5.74, 6) is 0.869. The topological polar surface area (TPSA) is 56.9 Å². The lowest BCUT2D eigenvalue weighted by molar-refractivity contribution is 0.308. The molecule has 0 aliphatic carbocycles. The number of hydrogen-bond donors (Lipinski definition) is 1. The summed E-state index contributed by atoms with van der Waals surface area (Å²) in [4.78, 5) is 2.27. The number of anilines is 2. The highest BCUT2D eigenvalue weighted by Gasteiger charge is 2.23. The van der Waals surface area contributed by atoms with Crippen LogP contribution in [0.3, 0.4) is 0 Å². The van der Waals surface area contributed by atoms with Crippen molar-refractivity contribution < 1.29 is 0 Å². The Kier molecular flexibility index (Phi) is 3.40. The summed E-state index contributed by atoms with van der Waals surface area (Å²) in [6.45, 7) is 2.19. The van der Waals surface area contributed by atoms with Gasteiger partial charge in [-0.25, -0.2) is 0 Å². The van der Waals surface area contributed by atoms with Gasteiger partial charge >= 0.3 is 0 Å². The standard InChI is InChI=1S/C15H17N5/c1-19-9-7-14-13(11-19)15(18-20(14)10-8-16)17-12-5-3-2-4-6-12/h2-6H,7,9-11H2,1H3,(H,17,18). The fourth-order valence-electron chi connectivity index (χ4n) is 2.58. The fourth-order valence-corrected chi connectivity index (χ4v) is 2.58. The molecule has 102 valence electrons. The van der Waals surface area contributed by atoms with Crippen molar-refractivity contribution in [2.75, 3.05) is 18.9 Å². The molecular weight excluding hydrogens is 250 g/mol. The van der Waals surface area contributed by atoms with Gasteiger partial charge in [0.15, 0.2) is 5.82 Å². The van der Waals surface area contributed by atoms with E-state index in [4.69, 9.17) is 5.26 Å². The Morgan fingerprint density at radius 3 is 2.90 bits per heavy atom. The molecule has 5 nitrogen and oxygen atoms in total. The molecule has 5 heteroatoms. The molecule has 0 amide bonds. The molecule has 0 fully saturated rings. The molecule has 3 rings (SSSR count). The zero-order valence-electron chi connectivity index (χ0n) is 11.5. The Hall–Kier alpha value is -2.32. The van der Waals surface area contributed by atoms with E-state index in [9.17, 15) is 0 Å². The maximum atomic E-state index is 8.93. The van der Waals surface area contributed by atoms with Crippen molar-refractivity contribution in [2.24, 2.45) is 0 Å². The average Bonchev–Trinajstić information content (AvgIpc) is 2.78. The number of nitriles is 1. The molecule has 1 aromatic heterocycles. The molecule has 1 N–H and O–H groups in total. The van der Waals surface area contributed by atoms with E-state index in [2.05, 4.69) is 28.4 Å². The lowest BCUT2D eigenvalue weighted by Crippen LogP contribution is -2.27. The van der Waals surface area contributed by atoms with Crippen LogP contribution in [0.4, 0.5) is 11.5 Å². The highest BCUT2D eigenvalue weighted by atomic mass is 15.3. The van der Waals surface area contributed by atoms with Gasteiger partial charge in [-0.15, -0.1) is 0 Å². The third-order valence-corrected chi connectivity index (χ3v) is 3.58. The number of nitrogens with one attached hydrogen (secondary N) is 1. The van der Waals surface area contributed by atoms with Gasteiger partial charge < -0.3 is 10.2 Å². The first kappa shape index (κ1) is 12.7. The zero-order chi connectivity index (χ0) is 13.9. The Bertz CT molecular complexity index is 638. The molecule has 0 spiro atoms. The maximum Gasteiger partial charge on any atom is 0.157 e. The molecule has 2 heterocycles. The van der Waals surface area contributed by atoms with Crippen molar-refractivity contribution in [2.45, 2.75) is 19.5 Å². The number of rotatable bonds is 3. The first-order valence-corrected chi connectivity index (χ1v) is 6.74. The van der Waals surface area contributed by atoms with Gasteiger partial charge in [0.1, 0.15) is 6.54 Å². The SMILES string of the molecule is CN1CCc2c(c(Nc3ccccc3)nn2CC#N)C1. The Labute approximate surface area is 118 Å². The Balaban J connectivity index is 1.96. The second-order valence-electron chi connectivity index (χ2n) is 5.07. The van der Waals surface area contributed by atoms with Gasteiger partial charge in [-0.2, -0.15) is 10.4 Å². The average molecular weight is 267 g/mol. The second kappa shape index (κ2) is 5.35. The first-order chi connectivity index (χ1) is 9.78. The van der Waals surface area contributed by atoms with Gasteiger partial charge in [0.2, 0.25) is 0 Å². The summed E-state index contributed by atoms with van der Waals surface area (Å²) >= 11 is 0. The maximum absolute atomic E-state index is 8.93. The summed E-state index contributed by atoms with van der Waals surface area (Å²) in [6.07, 6.45) is 0.941. The largest absolute Gasteiger partial charge is 0.338 e. The van der Waals surface area contributed by atoms with Crippen LogP contribution in [-0.2, 0) is 19.5 Å². The zero-order valence-corrected chi connectivity index (χ0v) is 11.5. The minimum absolute atomic E-state index is 0.308. The number of likely N-dealkylation sites (N-methyl/N-ethyl adjacent to an activating group) is 1. The summed E-state index contributed by atoms with van der Waals surface area (Å²) in [6, 6.07) is 12.2. The van der Waals surface area contributed by atoms with E-state index in [-0.39, 0.29) is 0 Å². The lowest BCUT2D eigenvalue weighted by Gasteiger charge is -2.23. The molecule has 0 saturated carbocycles. The van der Waals surface area contributed by atoms with Crippen molar-refractivity contribution in [3.63, 3.8) is 0 Å². The smallest absolute Gasteiger partial charge is 0.157 e. The quantitative estimate of drug-likeness (QED) is 0.925. The van der Waals surface area contributed by atoms with Gasteiger partial charge in [-0.3, -0.25) is 4.68 Å². The van der Waals surface area contributed by atoms with Crippen LogP contribution in [-0.4, -0.2) is 28.3 Å². The normalized spacial score (nSPS) is 14.6. The van der Waals surface area contributed by atoms with Crippen LogP contribution >= 0.6 is 0 Å². The highest BCUT2D eigenvalue weighted by Crippen LogP contribution is 2.27. The molecule has 0 radical (unpaired) electrons. The number of fused-ring (bicyclic) bond motifs is 1. The molecular formula is C15H17N5. The van der Waals surface area contributed by atoms with E-state index < -0.39 is 0 Å². The van der Waals surface area contributed by atoms with Gasteiger partial charge in [0, 0.05) is 36.5 Å². The van der Waals surface area contributed by atoms with Gasteiger partial charge in [0.05, 0.1) is 6.07 Å². The minimum Gasteiger partial charge on any atom is -0.338 e. The monoisotopic (exact) mass is 267 g/mol. The molecule has 1 aromatic carbocycles. The van der Waals surface area contributed by atoms with Gasteiger partial charge in [0.25, 0.3) is 0 Å². The molecule has 0 atom stereocenters. The minimum atomic E-state index is 0.308. The van der Waals surface area contributed by atoms with Crippen LogP contribution < -0.4 is 5.32 Å². The summed E-state index contributed by atoms with van der Waals surface area (Å²) in [5, 5.41) is 16.9. The summed E-state index contributed by atoms with van der Waals surface area (Å²) in [7, 11) is 2.11. The molecule has 1 aliphatic heterocycles. The third-order valence-electron chi connectivity index (χ3n) is 3.58. The second-order valence-corrected chi connectivity index (χ2v) is 5.07.